The summed E-state index contributed by atoms with van der Waals surface area (Å²) in [5.41, 5.74) is 3.72. The van der Waals surface area contributed by atoms with Crippen LogP contribution < -0.4 is 15.0 Å². The molecular weight excluding hydrogens is 606 g/mol. The molecule has 0 aromatic heterocycles. The van der Waals surface area contributed by atoms with E-state index in [0.717, 1.165) is 28.2 Å². The maximum absolute atomic E-state index is 13.5. The number of nitriles is 1. The molecule has 8 rings (SSSR count). The molecule has 5 fully saturated rings. The molecule has 0 radical (unpaired) electrons. The average Bonchev–Trinajstić information content (AvgIpc) is 2.98. The van der Waals surface area contributed by atoms with Crippen molar-refractivity contribution in [2.24, 2.45) is 17.8 Å². The molecule has 8 heteroatoms. The largest absolute Gasteiger partial charge is 0.488 e. The Morgan fingerprint density at radius 1 is 0.953 bits per heavy atom. The maximum atomic E-state index is 13.5. The standard InChI is InChI=1S/C35H30BrN3O4/c36-30-15-21(5-10-31(30)43-20-26-4-2-1-3-25(26)19-37)14-29-32(40)38-34(42)39(33(29)41)28-8-6-27(7-9-28)35-16-22-11-23(17-35)13-24(12-22)18-35/h1-10,14-15,22-24H,11-13,16-18,20H2,(H,38,40,42)/b29-14+. The minimum atomic E-state index is -0.753. The third-order valence-corrected chi connectivity index (χ3v) is 10.3. The van der Waals surface area contributed by atoms with E-state index in [1.54, 1.807) is 30.3 Å². The molecule has 1 saturated heterocycles. The van der Waals surface area contributed by atoms with E-state index in [0.29, 0.717) is 27.0 Å². The van der Waals surface area contributed by atoms with Crippen molar-refractivity contribution in [3.8, 4) is 11.8 Å². The molecule has 1 heterocycles. The zero-order valence-corrected chi connectivity index (χ0v) is 25.1. The molecule has 216 valence electrons. The smallest absolute Gasteiger partial charge is 0.335 e. The summed E-state index contributed by atoms with van der Waals surface area (Å²) >= 11 is 3.50. The molecule has 4 bridgehead atoms. The summed E-state index contributed by atoms with van der Waals surface area (Å²) < 4.78 is 6.53. The minimum absolute atomic E-state index is 0.131. The zero-order valence-electron chi connectivity index (χ0n) is 23.5. The monoisotopic (exact) mass is 635 g/mol. The highest BCUT2D eigenvalue weighted by atomic mass is 79.9. The van der Waals surface area contributed by atoms with Crippen LogP contribution in [-0.4, -0.2) is 17.8 Å². The first-order chi connectivity index (χ1) is 20.8. The number of urea groups is 1. The number of ether oxygens (including phenoxy) is 1. The van der Waals surface area contributed by atoms with Gasteiger partial charge in [-0.25, -0.2) is 9.69 Å². The van der Waals surface area contributed by atoms with Gasteiger partial charge in [-0.1, -0.05) is 36.4 Å². The fourth-order valence-corrected chi connectivity index (χ4v) is 8.63. The summed E-state index contributed by atoms with van der Waals surface area (Å²) in [6.07, 6.45) is 9.27. The maximum Gasteiger partial charge on any atom is 0.335 e. The lowest BCUT2D eigenvalue weighted by atomic mass is 9.48. The van der Waals surface area contributed by atoms with Gasteiger partial charge < -0.3 is 4.74 Å². The van der Waals surface area contributed by atoms with Gasteiger partial charge in [-0.3, -0.25) is 14.9 Å². The average molecular weight is 637 g/mol. The van der Waals surface area contributed by atoms with E-state index >= 15 is 0 Å². The molecule has 0 atom stereocenters. The molecule has 3 aromatic rings. The van der Waals surface area contributed by atoms with Gasteiger partial charge in [0.05, 0.1) is 21.8 Å². The molecule has 7 nitrogen and oxygen atoms in total. The van der Waals surface area contributed by atoms with Gasteiger partial charge in [0.25, 0.3) is 11.8 Å². The molecule has 0 unspecified atom stereocenters. The Morgan fingerprint density at radius 3 is 2.28 bits per heavy atom. The lowest BCUT2D eigenvalue weighted by Crippen LogP contribution is -2.54. The van der Waals surface area contributed by atoms with Crippen LogP contribution >= 0.6 is 15.9 Å². The van der Waals surface area contributed by atoms with Gasteiger partial charge in [0, 0.05) is 5.56 Å². The zero-order chi connectivity index (χ0) is 29.7. The molecule has 43 heavy (non-hydrogen) atoms. The molecule has 1 aliphatic heterocycles. The second-order valence-electron chi connectivity index (χ2n) is 12.5. The van der Waals surface area contributed by atoms with E-state index in [-0.39, 0.29) is 17.6 Å². The molecule has 4 aliphatic carbocycles. The van der Waals surface area contributed by atoms with Crippen molar-refractivity contribution >= 4 is 45.5 Å². The third kappa shape index (κ3) is 5.06. The van der Waals surface area contributed by atoms with Gasteiger partial charge in [0.1, 0.15) is 17.9 Å². The van der Waals surface area contributed by atoms with Crippen LogP contribution in [0.2, 0.25) is 0 Å². The van der Waals surface area contributed by atoms with Gasteiger partial charge in [0.2, 0.25) is 0 Å². The van der Waals surface area contributed by atoms with Crippen molar-refractivity contribution < 1.29 is 19.1 Å². The molecule has 3 aromatic carbocycles. The number of nitrogens with zero attached hydrogens (tertiary/aromatic N) is 2. The predicted molar refractivity (Wildman–Crippen MR) is 165 cm³/mol. The third-order valence-electron chi connectivity index (χ3n) is 9.67. The molecule has 4 amide bonds. The Balaban J connectivity index is 1.10. The van der Waals surface area contributed by atoms with Crippen LogP contribution in [0.3, 0.4) is 0 Å². The Hall–Kier alpha value is -4.22. The lowest BCUT2D eigenvalue weighted by molar-refractivity contribution is -0.122. The van der Waals surface area contributed by atoms with E-state index < -0.39 is 17.8 Å². The van der Waals surface area contributed by atoms with Crippen molar-refractivity contribution in [3.63, 3.8) is 0 Å². The summed E-state index contributed by atoms with van der Waals surface area (Å²) in [7, 11) is 0. The van der Waals surface area contributed by atoms with Crippen LogP contribution in [0, 0.1) is 29.1 Å². The summed E-state index contributed by atoms with van der Waals surface area (Å²) in [4.78, 5) is 40.2. The quantitative estimate of drug-likeness (QED) is 0.231. The lowest BCUT2D eigenvalue weighted by Gasteiger charge is -2.57. The molecule has 1 N–H and O–H groups in total. The number of nitrogens with one attached hydrogen (secondary N) is 1. The Bertz CT molecular complexity index is 1690. The number of imide groups is 2. The minimum Gasteiger partial charge on any atom is -0.488 e. The Labute approximate surface area is 258 Å². The summed E-state index contributed by atoms with van der Waals surface area (Å²) in [5.74, 6) is 1.60. The van der Waals surface area contributed by atoms with Crippen LogP contribution in [0.1, 0.15) is 60.8 Å². The van der Waals surface area contributed by atoms with Gasteiger partial charge >= 0.3 is 6.03 Å². The normalized spacial score (nSPS) is 26.9. The number of rotatable bonds is 6. The summed E-state index contributed by atoms with van der Waals surface area (Å²) in [6.45, 7) is 0.211. The number of hydrogen-bond acceptors (Lipinski definition) is 5. The second-order valence-corrected chi connectivity index (χ2v) is 13.3. The molecular formula is C35H30BrN3O4. The van der Waals surface area contributed by atoms with Crippen LogP contribution in [0.4, 0.5) is 10.5 Å². The van der Waals surface area contributed by atoms with Gasteiger partial charge in [0.15, 0.2) is 0 Å². The fourth-order valence-electron chi connectivity index (χ4n) is 8.12. The molecule has 0 spiro atoms. The van der Waals surface area contributed by atoms with E-state index in [9.17, 15) is 19.6 Å². The second kappa shape index (κ2) is 10.8. The SMILES string of the molecule is N#Cc1ccccc1COc1ccc(/C=C2\C(=O)NC(=O)N(c3ccc(C45CC6CC(CC(C6)C4)C5)cc3)C2=O)cc1Br. The van der Waals surface area contributed by atoms with Crippen molar-refractivity contribution in [1.82, 2.24) is 5.32 Å². The number of carbonyl (C=O) groups is 3. The number of halogens is 1. The number of anilines is 1. The Morgan fingerprint density at radius 2 is 1.63 bits per heavy atom. The summed E-state index contributed by atoms with van der Waals surface area (Å²) in [5, 5.41) is 11.6. The highest BCUT2D eigenvalue weighted by Gasteiger charge is 2.51. The van der Waals surface area contributed by atoms with Crippen molar-refractivity contribution in [1.29, 1.82) is 5.26 Å². The van der Waals surface area contributed by atoms with Crippen molar-refractivity contribution in [2.75, 3.05) is 4.90 Å². The van der Waals surface area contributed by atoms with Crippen molar-refractivity contribution in [2.45, 2.75) is 50.5 Å². The van der Waals surface area contributed by atoms with Crippen LogP contribution in [0.25, 0.3) is 6.08 Å². The number of carbonyl (C=O) groups excluding carboxylic acids is 3. The van der Waals surface area contributed by atoms with Gasteiger partial charge in [-0.2, -0.15) is 5.26 Å². The number of barbiturate groups is 1. The highest BCUT2D eigenvalue weighted by Crippen LogP contribution is 2.60. The topological polar surface area (TPSA) is 99.5 Å². The van der Waals surface area contributed by atoms with Crippen LogP contribution in [0.15, 0.2) is 76.8 Å². The molecule has 5 aliphatic rings. The Kier molecular flexibility index (Phi) is 6.94. The van der Waals surface area contributed by atoms with Crippen LogP contribution in [-0.2, 0) is 21.6 Å². The first-order valence-corrected chi connectivity index (χ1v) is 15.5. The van der Waals surface area contributed by atoms with Gasteiger partial charge in [-0.05, 0) is 125 Å². The van der Waals surface area contributed by atoms with E-state index in [1.807, 2.05) is 24.3 Å². The summed E-state index contributed by atoms with van der Waals surface area (Å²) in [6, 6.07) is 21.7. The van der Waals surface area contributed by atoms with E-state index in [4.69, 9.17) is 4.74 Å². The number of benzene rings is 3. The van der Waals surface area contributed by atoms with Gasteiger partial charge in [-0.15, -0.1) is 0 Å². The van der Waals surface area contributed by atoms with E-state index in [2.05, 4.69) is 39.4 Å². The highest BCUT2D eigenvalue weighted by molar-refractivity contribution is 9.10. The number of hydrogen-bond donors (Lipinski definition) is 1. The first kappa shape index (κ1) is 27.6. The predicted octanol–water partition coefficient (Wildman–Crippen LogP) is 7.03. The first-order valence-electron chi connectivity index (χ1n) is 14.7. The molecule has 4 saturated carbocycles. The van der Waals surface area contributed by atoms with Crippen molar-refractivity contribution in [3.05, 3.63) is 99.0 Å². The number of amides is 4. The fraction of sp³-hybridized carbons (Fsp3) is 0.314. The van der Waals surface area contributed by atoms with E-state index in [1.165, 1.54) is 50.2 Å². The van der Waals surface area contributed by atoms with Crippen LogP contribution in [0.5, 0.6) is 5.75 Å².